The Bertz CT molecular complexity index is 714. The van der Waals surface area contributed by atoms with Crippen LogP contribution in [0.4, 0.5) is 10.6 Å². The van der Waals surface area contributed by atoms with Gasteiger partial charge in [0.25, 0.3) is 5.56 Å². The Morgan fingerprint density at radius 2 is 1.70 bits per heavy atom. The first kappa shape index (κ1) is 20.0. The van der Waals surface area contributed by atoms with E-state index >= 15 is 0 Å². The summed E-state index contributed by atoms with van der Waals surface area (Å²) in [5.74, 6) is 1.95. The van der Waals surface area contributed by atoms with E-state index in [-0.39, 0.29) is 16.9 Å². The zero-order chi connectivity index (χ0) is 19.6. The zero-order valence-corrected chi connectivity index (χ0v) is 17.1. The number of carbonyl (C=O) groups excluding carboxylic acids is 1. The topological polar surface area (TPSA) is 78.5 Å². The molecule has 8 heteroatoms. The van der Waals surface area contributed by atoms with Crippen molar-refractivity contribution in [2.24, 2.45) is 11.8 Å². The van der Waals surface area contributed by atoms with Crippen LogP contribution in [0.25, 0.3) is 0 Å². The van der Waals surface area contributed by atoms with Gasteiger partial charge in [-0.05, 0) is 69.9 Å². The van der Waals surface area contributed by atoms with Crippen LogP contribution in [0.1, 0.15) is 46.5 Å². The fourth-order valence-corrected chi connectivity index (χ4v) is 4.24. The first-order valence-corrected chi connectivity index (χ1v) is 10.1. The molecule has 2 saturated heterocycles. The highest BCUT2D eigenvalue weighted by Crippen LogP contribution is 2.33. The molecule has 3 rings (SSSR count). The monoisotopic (exact) mass is 396 g/mol. The van der Waals surface area contributed by atoms with Crippen molar-refractivity contribution < 1.29 is 9.53 Å². The fraction of sp³-hybridized carbons (Fsp3) is 0.737. The van der Waals surface area contributed by atoms with Crippen molar-refractivity contribution in [3.63, 3.8) is 0 Å². The average Bonchev–Trinajstić information content (AvgIpc) is 2.60. The van der Waals surface area contributed by atoms with Gasteiger partial charge in [-0.15, -0.1) is 0 Å². The summed E-state index contributed by atoms with van der Waals surface area (Å²) in [6, 6.07) is 1.51. The lowest BCUT2D eigenvalue weighted by molar-refractivity contribution is 0.0152. The lowest BCUT2D eigenvalue weighted by atomic mass is 9.79. The molecule has 0 radical (unpaired) electrons. The number of H-pyrrole nitrogens is 1. The van der Waals surface area contributed by atoms with Crippen LogP contribution in [-0.4, -0.2) is 52.7 Å². The molecular weight excluding hydrogens is 368 g/mol. The van der Waals surface area contributed by atoms with Crippen molar-refractivity contribution in [1.82, 2.24) is 14.9 Å². The number of hydrogen-bond acceptors (Lipinski definition) is 5. The summed E-state index contributed by atoms with van der Waals surface area (Å²) in [4.78, 5) is 34.5. The van der Waals surface area contributed by atoms with Gasteiger partial charge >= 0.3 is 6.09 Å². The molecule has 1 aromatic heterocycles. The van der Waals surface area contributed by atoms with E-state index in [0.29, 0.717) is 17.7 Å². The van der Waals surface area contributed by atoms with Crippen molar-refractivity contribution in [2.75, 3.05) is 31.1 Å². The number of nitrogens with one attached hydrogen (secondary N) is 1. The standard InChI is InChI=1S/C19H29ClN4O3/c1-19(2,3)27-18(26)24-10-6-14(7-11-24)13-4-8-23(9-5-13)15-12-16(25)22-17(20)21-15/h12-14H,4-11H2,1-3H3,(H,21,22,25). The maximum Gasteiger partial charge on any atom is 0.410 e. The van der Waals surface area contributed by atoms with E-state index in [9.17, 15) is 9.59 Å². The number of likely N-dealkylation sites (tertiary alicyclic amines) is 1. The Morgan fingerprint density at radius 3 is 2.22 bits per heavy atom. The van der Waals surface area contributed by atoms with Crippen molar-refractivity contribution in [1.29, 1.82) is 0 Å². The number of piperidine rings is 2. The Kier molecular flexibility index (Phi) is 5.99. The SMILES string of the molecule is CC(C)(C)OC(=O)N1CCC(C2CCN(c3cc(=O)[nH]c(Cl)n3)CC2)CC1. The minimum absolute atomic E-state index is 0.133. The molecule has 0 spiro atoms. The zero-order valence-electron chi connectivity index (χ0n) is 16.3. The summed E-state index contributed by atoms with van der Waals surface area (Å²) in [5.41, 5.74) is -0.668. The van der Waals surface area contributed by atoms with Crippen molar-refractivity contribution in [3.05, 3.63) is 21.7 Å². The van der Waals surface area contributed by atoms with Crippen molar-refractivity contribution >= 4 is 23.5 Å². The molecule has 0 unspecified atom stereocenters. The van der Waals surface area contributed by atoms with Gasteiger partial charge in [-0.1, -0.05) is 0 Å². The molecule has 0 bridgehead atoms. The molecule has 1 N–H and O–H groups in total. The number of carbonyl (C=O) groups is 1. The third kappa shape index (κ3) is 5.37. The van der Waals surface area contributed by atoms with E-state index in [1.54, 1.807) is 0 Å². The highest BCUT2D eigenvalue weighted by atomic mass is 35.5. The van der Waals surface area contributed by atoms with Gasteiger partial charge in [0.1, 0.15) is 11.4 Å². The molecule has 2 aliphatic heterocycles. The van der Waals surface area contributed by atoms with Gasteiger partial charge in [-0.3, -0.25) is 9.78 Å². The highest BCUT2D eigenvalue weighted by Gasteiger charge is 2.32. The third-order valence-corrected chi connectivity index (χ3v) is 5.60. The number of nitrogens with zero attached hydrogens (tertiary/aromatic N) is 3. The molecule has 3 heterocycles. The second-order valence-electron chi connectivity index (χ2n) is 8.52. The lowest BCUT2D eigenvalue weighted by Gasteiger charge is -2.40. The molecule has 0 atom stereocenters. The van der Waals surface area contributed by atoms with E-state index in [1.807, 2.05) is 25.7 Å². The first-order chi connectivity index (χ1) is 12.7. The number of anilines is 1. The van der Waals surface area contributed by atoms with Crippen LogP contribution in [-0.2, 0) is 4.74 Å². The molecule has 1 aromatic rings. The number of amides is 1. The number of aromatic nitrogens is 2. The van der Waals surface area contributed by atoms with E-state index in [1.165, 1.54) is 6.07 Å². The fourth-order valence-electron chi connectivity index (χ4n) is 4.06. The van der Waals surface area contributed by atoms with Crippen molar-refractivity contribution in [3.8, 4) is 0 Å². The Labute approximate surface area is 165 Å². The summed E-state index contributed by atoms with van der Waals surface area (Å²) in [5, 5.41) is 0.133. The van der Waals surface area contributed by atoms with Crippen LogP contribution < -0.4 is 10.5 Å². The maximum absolute atomic E-state index is 12.2. The minimum Gasteiger partial charge on any atom is -0.444 e. The Hall–Kier alpha value is -1.76. The molecule has 0 saturated carbocycles. The van der Waals surface area contributed by atoms with E-state index < -0.39 is 5.60 Å². The molecule has 1 amide bonds. The minimum atomic E-state index is -0.448. The third-order valence-electron chi connectivity index (χ3n) is 5.42. The molecule has 7 nitrogen and oxygen atoms in total. The lowest BCUT2D eigenvalue weighted by Crippen LogP contribution is -2.44. The van der Waals surface area contributed by atoms with Gasteiger partial charge in [0.15, 0.2) is 0 Å². The van der Waals surface area contributed by atoms with Crippen LogP contribution in [0, 0.1) is 11.8 Å². The number of aromatic amines is 1. The molecular formula is C19H29ClN4O3. The van der Waals surface area contributed by atoms with Crippen LogP contribution in [0.3, 0.4) is 0 Å². The summed E-state index contributed by atoms with van der Waals surface area (Å²) in [7, 11) is 0. The molecule has 0 aromatic carbocycles. The molecule has 0 aliphatic carbocycles. The quantitative estimate of drug-likeness (QED) is 0.776. The van der Waals surface area contributed by atoms with E-state index in [0.717, 1.165) is 51.9 Å². The number of hydrogen-bond donors (Lipinski definition) is 1. The van der Waals surface area contributed by atoms with Crippen LogP contribution >= 0.6 is 11.6 Å². The molecule has 2 fully saturated rings. The number of halogens is 1. The van der Waals surface area contributed by atoms with Crippen LogP contribution in [0.15, 0.2) is 10.9 Å². The van der Waals surface area contributed by atoms with Crippen molar-refractivity contribution in [2.45, 2.75) is 52.1 Å². The summed E-state index contributed by atoms with van der Waals surface area (Å²) < 4.78 is 5.47. The summed E-state index contributed by atoms with van der Waals surface area (Å²) >= 11 is 5.86. The van der Waals surface area contributed by atoms with Gasteiger partial charge in [0.05, 0.1) is 0 Å². The second-order valence-corrected chi connectivity index (χ2v) is 8.88. The second kappa shape index (κ2) is 8.09. The summed E-state index contributed by atoms with van der Waals surface area (Å²) in [6.07, 6.45) is 4.00. The highest BCUT2D eigenvalue weighted by molar-refractivity contribution is 6.28. The van der Waals surface area contributed by atoms with Gasteiger partial charge in [0, 0.05) is 32.2 Å². The molecule has 2 aliphatic rings. The largest absolute Gasteiger partial charge is 0.444 e. The van der Waals surface area contributed by atoms with Gasteiger partial charge in [-0.25, -0.2) is 9.78 Å². The number of ether oxygens (including phenoxy) is 1. The van der Waals surface area contributed by atoms with Gasteiger partial charge in [0.2, 0.25) is 5.28 Å². The van der Waals surface area contributed by atoms with E-state index in [4.69, 9.17) is 16.3 Å². The normalized spacial score (nSPS) is 20.0. The maximum atomic E-state index is 12.2. The van der Waals surface area contributed by atoms with E-state index in [2.05, 4.69) is 14.9 Å². The predicted octanol–water partition coefficient (Wildman–Crippen LogP) is 3.29. The Morgan fingerprint density at radius 1 is 1.15 bits per heavy atom. The van der Waals surface area contributed by atoms with Gasteiger partial charge in [-0.2, -0.15) is 0 Å². The molecule has 27 heavy (non-hydrogen) atoms. The summed E-state index contributed by atoms with van der Waals surface area (Å²) in [6.45, 7) is 8.99. The van der Waals surface area contributed by atoms with Gasteiger partial charge < -0.3 is 14.5 Å². The van der Waals surface area contributed by atoms with Crippen LogP contribution in [0.2, 0.25) is 5.28 Å². The average molecular weight is 397 g/mol. The van der Waals surface area contributed by atoms with Crippen LogP contribution in [0.5, 0.6) is 0 Å². The smallest absolute Gasteiger partial charge is 0.410 e. The predicted molar refractivity (Wildman–Crippen MR) is 105 cm³/mol. The molecule has 150 valence electrons. The Balaban J connectivity index is 1.48. The number of rotatable bonds is 2. The first-order valence-electron chi connectivity index (χ1n) is 9.71.